The molecule has 0 aromatic rings. The van der Waals surface area contributed by atoms with Gasteiger partial charge in [0.2, 0.25) is 11.6 Å². The van der Waals surface area contributed by atoms with E-state index in [0.717, 1.165) is 39.3 Å². The molecule has 3 aliphatic heterocycles. The van der Waals surface area contributed by atoms with E-state index in [1.807, 2.05) is 14.7 Å². The van der Waals surface area contributed by atoms with Crippen molar-refractivity contribution < 1.29 is 28.5 Å². The topological polar surface area (TPSA) is 110 Å². The third-order valence-electron chi connectivity index (χ3n) is 4.84. The maximum atomic E-state index is 12.4. The van der Waals surface area contributed by atoms with Crippen LogP contribution in [0.4, 0.5) is 0 Å². The number of carbonyl (C=O) groups excluding carboxylic acids is 2. The smallest absolute Gasteiger partial charge is 0.365 e. The number of nitrogens with zero attached hydrogens (tertiary/aromatic N) is 3. The Labute approximate surface area is 200 Å². The fourth-order valence-electron chi connectivity index (χ4n) is 2.63. The first kappa shape index (κ1) is 24.4. The number of hydrogen-bond acceptors (Lipinski definition) is 7. The Morgan fingerprint density at radius 2 is 1.47 bits per heavy atom. The first-order chi connectivity index (χ1) is 13.8. The molecule has 30 heavy (non-hydrogen) atoms. The van der Waals surface area contributed by atoms with Crippen molar-refractivity contribution in [2.75, 3.05) is 44.6 Å². The minimum Gasteiger partial charge on any atom is -0.365 e. The number of allylic oxidation sites excluding steroid dienone is 1. The van der Waals surface area contributed by atoms with Crippen LogP contribution >= 0.6 is 55.6 Å². The van der Waals surface area contributed by atoms with Gasteiger partial charge in [-0.2, -0.15) is 0 Å². The van der Waals surface area contributed by atoms with Gasteiger partial charge < -0.3 is 24.5 Å². The molecular weight excluding hydrogens is 613 g/mol. The highest BCUT2D eigenvalue weighted by Crippen LogP contribution is 2.55. The molecule has 3 heterocycles. The van der Waals surface area contributed by atoms with Gasteiger partial charge in [0.05, 0.1) is 5.70 Å². The average Bonchev–Trinajstić information content (AvgIpc) is 3.45. The van der Waals surface area contributed by atoms with Crippen LogP contribution in [0.5, 0.6) is 0 Å². The molecule has 0 saturated carbocycles. The maximum absolute atomic E-state index is 12.4. The van der Waals surface area contributed by atoms with Crippen LogP contribution in [0, 0.1) is 5.41 Å². The van der Waals surface area contributed by atoms with Crippen LogP contribution in [-0.2, 0) is 18.7 Å². The first-order valence-corrected chi connectivity index (χ1v) is 13.5. The van der Waals surface area contributed by atoms with Crippen molar-refractivity contribution >= 4 is 67.2 Å². The number of Topliss-reactive ketones (excluding diaryl/α,β-unsaturated/α-hetero) is 1. The van der Waals surface area contributed by atoms with Gasteiger partial charge in [-0.25, -0.2) is 4.57 Å². The average molecular weight is 636 g/mol. The number of ketones is 2. The minimum absolute atomic E-state index is 0.00546. The lowest BCUT2D eigenvalue weighted by atomic mass is 9.98. The summed E-state index contributed by atoms with van der Waals surface area (Å²) in [4.78, 5) is 47.7. The summed E-state index contributed by atoms with van der Waals surface area (Å²) in [6, 6.07) is 0. The second kappa shape index (κ2) is 8.61. The number of halogens is 3. The fraction of sp³-hybridized carbons (Fsp3) is 0.647. The predicted molar refractivity (Wildman–Crippen MR) is 121 cm³/mol. The number of phosphoric ester groups is 1. The normalized spacial score (nSPS) is 21.4. The molecule has 9 nitrogen and oxygen atoms in total. The largest absolute Gasteiger partial charge is 0.471 e. The zero-order chi connectivity index (χ0) is 22.5. The van der Waals surface area contributed by atoms with Crippen molar-refractivity contribution in [3.63, 3.8) is 0 Å². The predicted octanol–water partition coefficient (Wildman–Crippen LogP) is 2.14. The summed E-state index contributed by atoms with van der Waals surface area (Å²) in [6.07, 6.45) is 1.52. The quantitative estimate of drug-likeness (QED) is 0.188. The molecule has 0 unspecified atom stereocenters. The van der Waals surface area contributed by atoms with Crippen LogP contribution in [0.3, 0.4) is 0 Å². The van der Waals surface area contributed by atoms with Crippen LogP contribution in [-0.4, -0.2) is 84.1 Å². The zero-order valence-corrected chi connectivity index (χ0v) is 22.1. The van der Waals surface area contributed by atoms with Gasteiger partial charge in [0.15, 0.2) is 3.42 Å². The molecule has 168 valence electrons. The SMILES string of the molecule is CC(C)(CBr)C(Br)(Br)OP(=O)(O)O.O=C1C=C(N2CC2)C(=O)C(N2CC2)=C1N1CC1. The summed E-state index contributed by atoms with van der Waals surface area (Å²) < 4.78 is 13.9. The molecule has 0 amide bonds. The lowest BCUT2D eigenvalue weighted by molar-refractivity contribution is -0.117. The summed E-state index contributed by atoms with van der Waals surface area (Å²) in [5.41, 5.74) is 1.37. The van der Waals surface area contributed by atoms with E-state index in [1.54, 1.807) is 13.8 Å². The van der Waals surface area contributed by atoms with E-state index in [1.165, 1.54) is 6.08 Å². The van der Waals surface area contributed by atoms with Crippen LogP contribution in [0.15, 0.2) is 23.2 Å². The zero-order valence-electron chi connectivity index (χ0n) is 16.5. The van der Waals surface area contributed by atoms with Crippen LogP contribution in [0.1, 0.15) is 13.8 Å². The van der Waals surface area contributed by atoms with E-state index >= 15 is 0 Å². The van der Waals surface area contributed by atoms with E-state index in [0.29, 0.717) is 22.4 Å². The van der Waals surface area contributed by atoms with E-state index in [2.05, 4.69) is 52.3 Å². The Hall–Kier alpha value is -0.230. The van der Waals surface area contributed by atoms with E-state index in [4.69, 9.17) is 9.79 Å². The lowest BCUT2D eigenvalue weighted by Gasteiger charge is -2.35. The van der Waals surface area contributed by atoms with Crippen molar-refractivity contribution in [2.45, 2.75) is 17.3 Å². The molecule has 4 aliphatic rings. The molecule has 0 atom stereocenters. The van der Waals surface area contributed by atoms with Gasteiger partial charge >= 0.3 is 7.82 Å². The van der Waals surface area contributed by atoms with E-state index in [9.17, 15) is 14.2 Å². The number of alkyl halides is 3. The van der Waals surface area contributed by atoms with Gasteiger partial charge in [-0.15, -0.1) is 0 Å². The molecule has 0 spiro atoms. The number of rotatable bonds is 7. The van der Waals surface area contributed by atoms with E-state index < -0.39 is 16.7 Å². The molecular formula is C17H23Br3N3O6P. The Kier molecular flexibility index (Phi) is 7.00. The summed E-state index contributed by atoms with van der Waals surface area (Å²) in [5.74, 6) is 0.0485. The van der Waals surface area contributed by atoms with Crippen molar-refractivity contribution in [3.05, 3.63) is 23.2 Å². The van der Waals surface area contributed by atoms with Gasteiger partial charge in [-0.05, 0) is 31.9 Å². The Morgan fingerprint density at radius 1 is 1.00 bits per heavy atom. The molecule has 13 heteroatoms. The molecule has 3 fully saturated rings. The highest BCUT2D eigenvalue weighted by molar-refractivity contribution is 9.25. The maximum Gasteiger partial charge on any atom is 0.471 e. The van der Waals surface area contributed by atoms with Gasteiger partial charge in [0, 0.05) is 56.1 Å². The van der Waals surface area contributed by atoms with Crippen LogP contribution in [0.25, 0.3) is 0 Å². The third kappa shape index (κ3) is 5.76. The van der Waals surface area contributed by atoms with Gasteiger partial charge in [0.25, 0.3) is 0 Å². The lowest BCUT2D eigenvalue weighted by Crippen LogP contribution is -2.36. The molecule has 0 aromatic heterocycles. The molecule has 0 bridgehead atoms. The van der Waals surface area contributed by atoms with E-state index in [-0.39, 0.29) is 11.6 Å². The second-order valence-corrected chi connectivity index (χ2v) is 13.0. The standard InChI is InChI=1S/C12H13N3O2.C5H10Br3O4P/c16-9-7-8(13-1-2-13)12(17)11(15-5-6-15)10(9)14-3-4-14;1-4(2,3-6)5(7,8)12-13(9,10)11/h7H,1-6H2;3H2,1-2H3,(H2,9,10,11). The number of carbonyl (C=O) groups is 2. The molecule has 4 rings (SSSR count). The van der Waals surface area contributed by atoms with Crippen molar-refractivity contribution in [3.8, 4) is 0 Å². The van der Waals surface area contributed by atoms with Gasteiger partial charge in [-0.3, -0.25) is 14.1 Å². The van der Waals surface area contributed by atoms with Crippen molar-refractivity contribution in [1.29, 1.82) is 0 Å². The molecule has 3 saturated heterocycles. The van der Waals surface area contributed by atoms with Crippen LogP contribution < -0.4 is 0 Å². The van der Waals surface area contributed by atoms with Crippen molar-refractivity contribution in [2.24, 2.45) is 5.41 Å². The summed E-state index contributed by atoms with van der Waals surface area (Å²) in [6.45, 7) is 8.96. The molecule has 1 aliphatic carbocycles. The molecule has 0 radical (unpaired) electrons. The summed E-state index contributed by atoms with van der Waals surface area (Å²) in [7, 11) is -4.51. The van der Waals surface area contributed by atoms with Gasteiger partial charge in [-0.1, -0.05) is 29.8 Å². The first-order valence-electron chi connectivity index (χ1n) is 9.27. The Balaban J connectivity index is 0.000000180. The number of phosphoric acid groups is 1. The Morgan fingerprint density at radius 3 is 1.87 bits per heavy atom. The second-order valence-electron chi connectivity index (χ2n) is 8.00. The molecule has 2 N–H and O–H groups in total. The highest BCUT2D eigenvalue weighted by atomic mass is 79.9. The van der Waals surface area contributed by atoms with Crippen molar-refractivity contribution in [1.82, 2.24) is 14.7 Å². The minimum atomic E-state index is -4.51. The number of hydrogen-bond donors (Lipinski definition) is 2. The van der Waals surface area contributed by atoms with Gasteiger partial charge in [0.1, 0.15) is 11.4 Å². The monoisotopic (exact) mass is 633 g/mol. The summed E-state index contributed by atoms with van der Waals surface area (Å²) in [5, 5.41) is 0.510. The Bertz CT molecular complexity index is 857. The van der Waals surface area contributed by atoms with Crippen LogP contribution in [0.2, 0.25) is 0 Å². The highest BCUT2D eigenvalue weighted by Gasteiger charge is 2.46. The molecule has 0 aromatic carbocycles. The fourth-order valence-corrected chi connectivity index (χ4v) is 5.73. The third-order valence-corrected chi connectivity index (χ3v) is 9.73. The summed E-state index contributed by atoms with van der Waals surface area (Å²) >= 11 is 9.36.